The van der Waals surface area contributed by atoms with Crippen LogP contribution in [0.5, 0.6) is 0 Å². The number of benzene rings is 2. The van der Waals surface area contributed by atoms with E-state index in [1.54, 1.807) is 36.4 Å². The maximum atomic E-state index is 12.8. The van der Waals surface area contributed by atoms with E-state index < -0.39 is 10.0 Å². The maximum Gasteiger partial charge on any atom is 0.243 e. The number of carbonyl (C=O) groups excluding carboxylic acids is 2. The smallest absolute Gasteiger partial charge is 0.243 e. The van der Waals surface area contributed by atoms with E-state index in [1.807, 2.05) is 0 Å². The second-order valence-electron chi connectivity index (χ2n) is 7.52. The fourth-order valence-electron chi connectivity index (χ4n) is 3.32. The number of ketones is 2. The molecule has 0 saturated carbocycles. The molecule has 2 aromatic carbocycles. The molecular formula is C22H26N2O4S. The summed E-state index contributed by atoms with van der Waals surface area (Å²) in [6.07, 6.45) is 1.73. The van der Waals surface area contributed by atoms with E-state index in [1.165, 1.54) is 23.4 Å². The van der Waals surface area contributed by atoms with Crippen molar-refractivity contribution < 1.29 is 18.0 Å². The number of hydrogen-bond donors (Lipinski definition) is 1. The summed E-state index contributed by atoms with van der Waals surface area (Å²) in [5.41, 5.74) is 1.69. The van der Waals surface area contributed by atoms with E-state index >= 15 is 0 Å². The van der Waals surface area contributed by atoms with Gasteiger partial charge in [0.2, 0.25) is 10.0 Å². The minimum Gasteiger partial charge on any atom is -0.378 e. The Morgan fingerprint density at radius 3 is 2.31 bits per heavy atom. The van der Waals surface area contributed by atoms with Crippen molar-refractivity contribution in [1.82, 2.24) is 4.31 Å². The van der Waals surface area contributed by atoms with E-state index in [0.717, 1.165) is 12.8 Å². The SMILES string of the molecule is CC(=O)c1cccc(NCC(=O)c2ccc(S(=O)(=O)N3CCC(C)CC3)cc2)c1. The zero-order valence-electron chi connectivity index (χ0n) is 16.7. The number of anilines is 1. The third-order valence-electron chi connectivity index (χ3n) is 5.28. The lowest BCUT2D eigenvalue weighted by Crippen LogP contribution is -2.37. The standard InChI is InChI=1S/C22H26N2O4S/c1-16-10-12-24(13-11-16)29(27,28)21-8-6-18(7-9-21)22(26)15-23-20-5-3-4-19(14-20)17(2)25/h3-9,14,16,23H,10-13,15H2,1-2H3. The zero-order chi connectivity index (χ0) is 21.0. The molecule has 154 valence electrons. The molecule has 0 amide bonds. The highest BCUT2D eigenvalue weighted by atomic mass is 32.2. The Bertz CT molecular complexity index is 992. The maximum absolute atomic E-state index is 12.8. The lowest BCUT2D eigenvalue weighted by atomic mass is 10.0. The van der Waals surface area contributed by atoms with Gasteiger partial charge in [0.1, 0.15) is 0 Å². The number of carbonyl (C=O) groups is 2. The molecule has 0 aromatic heterocycles. The van der Waals surface area contributed by atoms with Gasteiger partial charge in [0.05, 0.1) is 11.4 Å². The number of Topliss-reactive ketones (excluding diaryl/α,β-unsaturated/α-hetero) is 2. The highest BCUT2D eigenvalue weighted by Crippen LogP contribution is 2.23. The third-order valence-corrected chi connectivity index (χ3v) is 7.19. The first-order chi connectivity index (χ1) is 13.8. The number of hydrogen-bond acceptors (Lipinski definition) is 5. The average Bonchev–Trinajstić information content (AvgIpc) is 2.72. The first-order valence-corrected chi connectivity index (χ1v) is 11.2. The van der Waals surface area contributed by atoms with Gasteiger partial charge in [0, 0.05) is 29.9 Å². The third kappa shape index (κ3) is 5.10. The number of nitrogens with zero attached hydrogens (tertiary/aromatic N) is 1. The van der Waals surface area contributed by atoms with Gasteiger partial charge in [-0.15, -0.1) is 0 Å². The molecule has 1 saturated heterocycles. The predicted molar refractivity (Wildman–Crippen MR) is 113 cm³/mol. The van der Waals surface area contributed by atoms with Gasteiger partial charge < -0.3 is 5.32 Å². The summed E-state index contributed by atoms with van der Waals surface area (Å²) in [7, 11) is -3.52. The second kappa shape index (κ2) is 8.88. The molecule has 1 heterocycles. The normalized spacial score (nSPS) is 15.8. The summed E-state index contributed by atoms with van der Waals surface area (Å²) in [6, 6.07) is 13.1. The lowest BCUT2D eigenvalue weighted by molar-refractivity contribution is 0.100. The summed E-state index contributed by atoms with van der Waals surface area (Å²) in [6.45, 7) is 4.75. The van der Waals surface area contributed by atoms with Crippen LogP contribution >= 0.6 is 0 Å². The highest BCUT2D eigenvalue weighted by Gasteiger charge is 2.28. The molecule has 1 aliphatic rings. The van der Waals surface area contributed by atoms with E-state index in [0.29, 0.717) is 35.8 Å². The van der Waals surface area contributed by atoms with E-state index in [4.69, 9.17) is 0 Å². The van der Waals surface area contributed by atoms with Gasteiger partial charge in [-0.2, -0.15) is 4.31 Å². The van der Waals surface area contributed by atoms with Gasteiger partial charge in [-0.05, 0) is 62.1 Å². The van der Waals surface area contributed by atoms with Crippen LogP contribution in [0, 0.1) is 5.92 Å². The van der Waals surface area contributed by atoms with E-state index in [2.05, 4.69) is 12.2 Å². The van der Waals surface area contributed by atoms with Crippen molar-refractivity contribution in [3.05, 3.63) is 59.7 Å². The second-order valence-corrected chi connectivity index (χ2v) is 9.46. The Morgan fingerprint density at radius 2 is 1.69 bits per heavy atom. The molecular weight excluding hydrogens is 388 g/mol. The quantitative estimate of drug-likeness (QED) is 0.700. The van der Waals surface area contributed by atoms with Crippen molar-refractivity contribution in [3.8, 4) is 0 Å². The number of sulfonamides is 1. The molecule has 0 spiro atoms. The number of piperidine rings is 1. The molecule has 7 heteroatoms. The van der Waals surface area contributed by atoms with Crippen molar-refractivity contribution in [2.24, 2.45) is 5.92 Å². The first kappa shape index (κ1) is 21.2. The van der Waals surface area contributed by atoms with Crippen LogP contribution in [0.15, 0.2) is 53.4 Å². The Labute approximate surface area is 172 Å². The Kier molecular flexibility index (Phi) is 6.49. The van der Waals surface area contributed by atoms with Crippen LogP contribution < -0.4 is 5.32 Å². The fraction of sp³-hybridized carbons (Fsp3) is 0.364. The largest absolute Gasteiger partial charge is 0.378 e. The summed E-state index contributed by atoms with van der Waals surface area (Å²) >= 11 is 0. The fourth-order valence-corrected chi connectivity index (χ4v) is 4.79. The summed E-state index contributed by atoms with van der Waals surface area (Å²) in [5, 5.41) is 3.01. The minimum atomic E-state index is -3.52. The van der Waals surface area contributed by atoms with E-state index in [9.17, 15) is 18.0 Å². The number of nitrogens with one attached hydrogen (secondary N) is 1. The van der Waals surface area contributed by atoms with Crippen molar-refractivity contribution in [2.75, 3.05) is 25.0 Å². The molecule has 6 nitrogen and oxygen atoms in total. The number of rotatable bonds is 7. The average molecular weight is 415 g/mol. The summed E-state index contributed by atoms with van der Waals surface area (Å²) in [4.78, 5) is 24.1. The van der Waals surface area contributed by atoms with Crippen LogP contribution in [0.2, 0.25) is 0 Å². The van der Waals surface area contributed by atoms with Gasteiger partial charge in [-0.3, -0.25) is 9.59 Å². The van der Waals surface area contributed by atoms with Crippen LogP contribution in [0.1, 0.15) is 47.4 Å². The van der Waals surface area contributed by atoms with Crippen molar-refractivity contribution in [2.45, 2.75) is 31.6 Å². The molecule has 3 rings (SSSR count). The lowest BCUT2D eigenvalue weighted by Gasteiger charge is -2.29. The topological polar surface area (TPSA) is 83.5 Å². The van der Waals surface area contributed by atoms with Crippen LogP contribution in [-0.2, 0) is 10.0 Å². The van der Waals surface area contributed by atoms with Crippen molar-refractivity contribution in [3.63, 3.8) is 0 Å². The Balaban J connectivity index is 1.64. The minimum absolute atomic E-state index is 0.0417. The molecule has 0 atom stereocenters. The molecule has 1 aliphatic heterocycles. The summed E-state index contributed by atoms with van der Waals surface area (Å²) in [5.74, 6) is 0.346. The zero-order valence-corrected chi connectivity index (χ0v) is 17.5. The molecule has 0 radical (unpaired) electrons. The Morgan fingerprint density at radius 1 is 1.03 bits per heavy atom. The first-order valence-electron chi connectivity index (χ1n) is 9.75. The summed E-state index contributed by atoms with van der Waals surface area (Å²) < 4.78 is 27.1. The van der Waals surface area contributed by atoms with Gasteiger partial charge in [0.25, 0.3) is 0 Å². The molecule has 1 N–H and O–H groups in total. The van der Waals surface area contributed by atoms with Crippen LogP contribution in [-0.4, -0.2) is 43.9 Å². The van der Waals surface area contributed by atoms with E-state index in [-0.39, 0.29) is 23.0 Å². The monoisotopic (exact) mass is 414 g/mol. The predicted octanol–water partition coefficient (Wildman–Crippen LogP) is 3.60. The van der Waals surface area contributed by atoms with Crippen LogP contribution in [0.4, 0.5) is 5.69 Å². The van der Waals surface area contributed by atoms with Gasteiger partial charge in [-0.25, -0.2) is 8.42 Å². The molecule has 2 aromatic rings. The van der Waals surface area contributed by atoms with Crippen molar-refractivity contribution >= 4 is 27.3 Å². The molecule has 29 heavy (non-hydrogen) atoms. The van der Waals surface area contributed by atoms with Gasteiger partial charge >= 0.3 is 0 Å². The van der Waals surface area contributed by atoms with Crippen LogP contribution in [0.3, 0.4) is 0 Å². The molecule has 0 unspecified atom stereocenters. The molecule has 1 fully saturated rings. The van der Waals surface area contributed by atoms with Gasteiger partial charge in [0.15, 0.2) is 11.6 Å². The highest BCUT2D eigenvalue weighted by molar-refractivity contribution is 7.89. The van der Waals surface area contributed by atoms with Crippen LogP contribution in [0.25, 0.3) is 0 Å². The van der Waals surface area contributed by atoms with Crippen molar-refractivity contribution in [1.29, 1.82) is 0 Å². The molecule has 0 bridgehead atoms. The molecule has 0 aliphatic carbocycles. The van der Waals surface area contributed by atoms with Gasteiger partial charge in [-0.1, -0.05) is 19.1 Å². The Hall–Kier alpha value is -2.51.